The summed E-state index contributed by atoms with van der Waals surface area (Å²) < 4.78 is 0. The van der Waals surface area contributed by atoms with Crippen LogP contribution in [0.4, 0.5) is 11.4 Å². The van der Waals surface area contributed by atoms with Gasteiger partial charge in [-0.25, -0.2) is 0 Å². The van der Waals surface area contributed by atoms with Crippen LogP contribution in [0.15, 0.2) is 71.8 Å². The summed E-state index contributed by atoms with van der Waals surface area (Å²) in [5.41, 5.74) is 7.42. The number of hydrazine groups is 1. The Kier molecular flexibility index (Phi) is 6.19. The van der Waals surface area contributed by atoms with Crippen LogP contribution in [0, 0.1) is 5.92 Å². The molecule has 34 heavy (non-hydrogen) atoms. The molecule has 2 heterocycles. The van der Waals surface area contributed by atoms with Gasteiger partial charge in [-0.2, -0.15) is 5.10 Å². The van der Waals surface area contributed by atoms with Crippen molar-refractivity contribution < 1.29 is 4.79 Å². The van der Waals surface area contributed by atoms with Gasteiger partial charge < -0.3 is 0 Å². The third-order valence-electron chi connectivity index (χ3n) is 6.41. The second-order valence-electron chi connectivity index (χ2n) is 8.70. The number of carbonyl (C=O) groups is 1. The van der Waals surface area contributed by atoms with Crippen molar-refractivity contribution in [3.63, 3.8) is 0 Å². The van der Waals surface area contributed by atoms with E-state index in [0.29, 0.717) is 26.5 Å². The number of nitrogens with zero attached hydrogens (tertiary/aromatic N) is 3. The first-order valence-electron chi connectivity index (χ1n) is 11.1. The van der Waals surface area contributed by atoms with Gasteiger partial charge in [-0.05, 0) is 60.9 Å². The number of para-hydroxylation sites is 1. The third kappa shape index (κ3) is 4.13. The summed E-state index contributed by atoms with van der Waals surface area (Å²) in [7, 11) is 0. The Bertz CT molecular complexity index is 1280. The number of amides is 1. The molecule has 0 saturated carbocycles. The Morgan fingerprint density at radius 3 is 2.38 bits per heavy atom. The minimum absolute atomic E-state index is 0.146. The molecule has 0 saturated heterocycles. The largest absolute Gasteiger partial charge is 0.286 e. The highest BCUT2D eigenvalue weighted by Gasteiger charge is 2.41. The Balaban J connectivity index is 1.50. The Labute approximate surface area is 213 Å². The molecule has 3 aromatic carbocycles. The van der Waals surface area contributed by atoms with Crippen molar-refractivity contribution in [1.82, 2.24) is 5.43 Å². The Hall–Kier alpha value is -2.73. The molecule has 2 aliphatic rings. The number of rotatable bonds is 4. The fraction of sp³-hybridized carbons (Fsp3) is 0.231. The Morgan fingerprint density at radius 2 is 1.65 bits per heavy atom. The molecule has 1 unspecified atom stereocenters. The van der Waals surface area contributed by atoms with E-state index in [2.05, 4.69) is 18.4 Å². The van der Waals surface area contributed by atoms with E-state index in [1.807, 2.05) is 65.5 Å². The lowest BCUT2D eigenvalue weighted by Gasteiger charge is -2.28. The predicted molar refractivity (Wildman–Crippen MR) is 140 cm³/mol. The van der Waals surface area contributed by atoms with E-state index in [4.69, 9.17) is 39.9 Å². The van der Waals surface area contributed by atoms with E-state index in [-0.39, 0.29) is 23.9 Å². The van der Waals surface area contributed by atoms with Crippen molar-refractivity contribution in [3.05, 3.63) is 92.9 Å². The van der Waals surface area contributed by atoms with Gasteiger partial charge in [0.05, 0.1) is 28.5 Å². The molecular weight excluding hydrogens is 491 g/mol. The van der Waals surface area contributed by atoms with Crippen LogP contribution < -0.4 is 15.4 Å². The number of benzene rings is 3. The van der Waals surface area contributed by atoms with Crippen LogP contribution in [-0.4, -0.2) is 17.7 Å². The molecule has 2 aliphatic heterocycles. The van der Waals surface area contributed by atoms with Crippen LogP contribution in [0.3, 0.4) is 0 Å². The van der Waals surface area contributed by atoms with Gasteiger partial charge in [0.2, 0.25) is 0 Å². The first-order valence-corrected chi connectivity index (χ1v) is 12.2. The number of carbonyl (C=O) groups excluding carboxylic acids is 1. The van der Waals surface area contributed by atoms with Gasteiger partial charge in [0.25, 0.3) is 5.91 Å². The van der Waals surface area contributed by atoms with Gasteiger partial charge in [0, 0.05) is 16.0 Å². The molecule has 0 bridgehead atoms. The first-order chi connectivity index (χ1) is 16.3. The SMILES string of the molecule is CC1Cc2ccccc2N1NC(=O)C1=NN(c2ccc(Cl)cc2Cl)[C@@H](c2ccc(Cl)cc2)[C@H]1C. The maximum absolute atomic E-state index is 13.5. The maximum Gasteiger partial charge on any atom is 0.286 e. The summed E-state index contributed by atoms with van der Waals surface area (Å²) in [6, 6.07) is 20.9. The lowest BCUT2D eigenvalue weighted by Crippen LogP contribution is -2.49. The highest BCUT2D eigenvalue weighted by molar-refractivity contribution is 6.41. The molecule has 1 N–H and O–H groups in total. The molecule has 8 heteroatoms. The van der Waals surface area contributed by atoms with E-state index in [1.54, 1.807) is 12.1 Å². The zero-order valence-electron chi connectivity index (χ0n) is 18.7. The molecule has 3 aromatic rings. The summed E-state index contributed by atoms with van der Waals surface area (Å²) >= 11 is 18.8. The average Bonchev–Trinajstić information content (AvgIpc) is 3.31. The standard InChI is InChI=1S/C26H23Cl3N4O/c1-15-13-18-5-3-4-6-22(18)32(15)31-26(34)24-16(2)25(17-7-9-19(27)10-8-17)33(30-24)23-12-11-20(28)14-21(23)29/h3-12,14-16,25H,13H2,1-2H3,(H,31,34)/t15?,16-,25+/m0/s1. The van der Waals surface area contributed by atoms with Crippen LogP contribution in [0.25, 0.3) is 0 Å². The molecular formula is C26H23Cl3N4O. The number of halogens is 3. The maximum atomic E-state index is 13.5. The Morgan fingerprint density at radius 1 is 0.941 bits per heavy atom. The molecule has 0 radical (unpaired) electrons. The molecule has 3 atom stereocenters. The van der Waals surface area contributed by atoms with Gasteiger partial charge in [0.15, 0.2) is 0 Å². The first kappa shape index (κ1) is 23.0. The van der Waals surface area contributed by atoms with Crippen molar-refractivity contribution in [2.45, 2.75) is 32.4 Å². The van der Waals surface area contributed by atoms with Crippen LogP contribution in [0.5, 0.6) is 0 Å². The normalized spacial score (nSPS) is 21.4. The highest BCUT2D eigenvalue weighted by Crippen LogP contribution is 2.42. The van der Waals surface area contributed by atoms with Crippen molar-refractivity contribution >= 4 is 57.8 Å². The fourth-order valence-corrected chi connectivity index (χ4v) is 5.37. The molecule has 0 spiro atoms. The number of nitrogens with one attached hydrogen (secondary N) is 1. The lowest BCUT2D eigenvalue weighted by atomic mass is 9.91. The predicted octanol–water partition coefficient (Wildman–Crippen LogP) is 6.68. The van der Waals surface area contributed by atoms with Gasteiger partial charge in [-0.15, -0.1) is 0 Å². The second kappa shape index (κ2) is 9.14. The van der Waals surface area contributed by atoms with Gasteiger partial charge in [-0.3, -0.25) is 20.2 Å². The van der Waals surface area contributed by atoms with Gasteiger partial charge in [0.1, 0.15) is 5.71 Å². The third-order valence-corrected chi connectivity index (χ3v) is 7.20. The highest BCUT2D eigenvalue weighted by atomic mass is 35.5. The molecule has 1 amide bonds. The summed E-state index contributed by atoms with van der Waals surface area (Å²) in [4.78, 5) is 13.5. The topological polar surface area (TPSA) is 47.9 Å². The van der Waals surface area contributed by atoms with Gasteiger partial charge >= 0.3 is 0 Å². The molecule has 174 valence electrons. The van der Waals surface area contributed by atoms with Gasteiger partial charge in [-0.1, -0.05) is 72.1 Å². The summed E-state index contributed by atoms with van der Waals surface area (Å²) in [5.74, 6) is -0.441. The monoisotopic (exact) mass is 512 g/mol. The number of fused-ring (bicyclic) bond motifs is 1. The van der Waals surface area contributed by atoms with Crippen molar-refractivity contribution in [2.75, 3.05) is 10.0 Å². The van der Waals surface area contributed by atoms with Crippen LogP contribution in [-0.2, 0) is 11.2 Å². The average molecular weight is 514 g/mol. The smallest absolute Gasteiger partial charge is 0.282 e. The zero-order chi connectivity index (χ0) is 24.0. The van der Waals surface area contributed by atoms with E-state index in [0.717, 1.165) is 17.7 Å². The molecule has 0 aliphatic carbocycles. The molecule has 5 rings (SSSR count). The van der Waals surface area contributed by atoms with E-state index in [9.17, 15) is 4.79 Å². The second-order valence-corrected chi connectivity index (χ2v) is 9.98. The van der Waals surface area contributed by atoms with Crippen LogP contribution in [0.2, 0.25) is 15.1 Å². The van der Waals surface area contributed by atoms with Crippen LogP contribution >= 0.6 is 34.8 Å². The number of anilines is 2. The van der Waals surface area contributed by atoms with E-state index in [1.165, 1.54) is 5.56 Å². The lowest BCUT2D eigenvalue weighted by molar-refractivity contribution is -0.115. The minimum atomic E-state index is -0.236. The summed E-state index contributed by atoms with van der Waals surface area (Å²) in [5, 5.41) is 10.2. The fourth-order valence-electron chi connectivity index (χ4n) is 4.75. The number of hydrazone groups is 1. The molecule has 0 fully saturated rings. The van der Waals surface area contributed by atoms with Crippen LogP contribution in [0.1, 0.15) is 31.0 Å². The van der Waals surface area contributed by atoms with Crippen molar-refractivity contribution in [3.8, 4) is 0 Å². The van der Waals surface area contributed by atoms with Crippen molar-refractivity contribution in [2.24, 2.45) is 11.0 Å². The summed E-state index contributed by atoms with van der Waals surface area (Å²) in [6.07, 6.45) is 0.873. The van der Waals surface area contributed by atoms with Crippen molar-refractivity contribution in [1.29, 1.82) is 0 Å². The molecule has 5 nitrogen and oxygen atoms in total. The quantitative estimate of drug-likeness (QED) is 0.423. The van der Waals surface area contributed by atoms with E-state index < -0.39 is 0 Å². The number of hydrogen-bond acceptors (Lipinski definition) is 4. The molecule has 0 aromatic heterocycles. The summed E-state index contributed by atoms with van der Waals surface area (Å²) in [6.45, 7) is 4.10. The minimum Gasteiger partial charge on any atom is -0.282 e. The van der Waals surface area contributed by atoms with E-state index >= 15 is 0 Å². The number of hydrogen-bond donors (Lipinski definition) is 1. The zero-order valence-corrected chi connectivity index (χ0v) is 20.9.